The van der Waals surface area contributed by atoms with Gasteiger partial charge in [0.05, 0.1) is 55.2 Å². The van der Waals surface area contributed by atoms with Crippen molar-refractivity contribution in [3.63, 3.8) is 0 Å². The molecule has 2 heterocycles. The fourth-order valence-electron chi connectivity index (χ4n) is 6.79. The molecule has 0 spiro atoms. The summed E-state index contributed by atoms with van der Waals surface area (Å²) in [5.41, 5.74) is -6.98. The SMILES string of the molecule is Nc1ccc(-c2ccc(-n3c(=O)c4cc5c(=O)n(-c6ccc(-c7ccc(N)cc7C(F)(F)F)c(C(F)(F)F)c6)c(=O)c5cc4c3=O)cc2C(F)(F)F)c(C(F)(F)F)c1. The van der Waals surface area contributed by atoms with E-state index in [2.05, 4.69) is 0 Å². The van der Waals surface area contributed by atoms with Crippen LogP contribution in [-0.2, 0) is 24.7 Å². The second-order valence-electron chi connectivity index (χ2n) is 12.9. The summed E-state index contributed by atoms with van der Waals surface area (Å²) in [5.74, 6) is 0. The Morgan fingerprint density at radius 1 is 0.345 bits per heavy atom. The normalized spacial score (nSPS) is 12.9. The average molecular weight is 823 g/mol. The molecule has 0 fully saturated rings. The number of alkyl halides is 12. The number of hydrogen-bond acceptors (Lipinski definition) is 6. The Bertz CT molecular complexity index is 2790. The smallest absolute Gasteiger partial charge is 0.399 e. The molecule has 58 heavy (non-hydrogen) atoms. The van der Waals surface area contributed by atoms with E-state index in [0.717, 1.165) is 36.4 Å². The van der Waals surface area contributed by atoms with Gasteiger partial charge in [0, 0.05) is 11.4 Å². The van der Waals surface area contributed by atoms with Crippen molar-refractivity contribution in [2.45, 2.75) is 24.7 Å². The van der Waals surface area contributed by atoms with E-state index in [1.165, 1.54) is 0 Å². The van der Waals surface area contributed by atoms with Crippen LogP contribution in [0.1, 0.15) is 22.3 Å². The van der Waals surface area contributed by atoms with Crippen LogP contribution in [0.3, 0.4) is 0 Å². The van der Waals surface area contributed by atoms with Gasteiger partial charge >= 0.3 is 24.7 Å². The van der Waals surface area contributed by atoms with Crippen molar-refractivity contribution in [3.05, 3.63) is 149 Å². The van der Waals surface area contributed by atoms with Gasteiger partial charge in [0.15, 0.2) is 0 Å². The van der Waals surface area contributed by atoms with Gasteiger partial charge in [-0.05, 0) is 82.9 Å². The monoisotopic (exact) mass is 822 g/mol. The quantitative estimate of drug-likeness (QED) is 0.135. The lowest BCUT2D eigenvalue weighted by molar-refractivity contribution is -0.139. The molecule has 20 heteroatoms. The van der Waals surface area contributed by atoms with Gasteiger partial charge in [0.2, 0.25) is 0 Å². The molecule has 4 N–H and O–H groups in total. The highest BCUT2D eigenvalue weighted by Crippen LogP contribution is 2.45. The first-order valence-electron chi connectivity index (χ1n) is 16.1. The predicted octanol–water partition coefficient (Wildman–Crippen LogP) is 8.46. The third-order valence-electron chi connectivity index (χ3n) is 9.30. The number of nitrogens with two attached hydrogens (primary N) is 2. The first kappa shape index (κ1) is 39.4. The summed E-state index contributed by atoms with van der Waals surface area (Å²) in [7, 11) is 0. The maximum absolute atomic E-state index is 14.4. The standard InChI is InChI=1S/C38H18F12N4O4/c39-35(40,41)27-9-15(51)1-5-19(27)21-7-3-17(11-29(21)37(45,46)47)53-31(55)23-13-25-26(14-24(23)32(53)56)34(58)54(33(25)57)18-4-8-22(30(12-18)38(48,49)50)20-6-2-16(52)10-28(20)36(42,43)44/h1-14H,51-52H2. The Labute approximate surface area is 313 Å². The van der Waals surface area contributed by atoms with Crippen molar-refractivity contribution in [3.8, 4) is 33.6 Å². The van der Waals surface area contributed by atoms with Gasteiger partial charge in [-0.1, -0.05) is 24.3 Å². The molecule has 0 unspecified atom stereocenters. The van der Waals surface area contributed by atoms with E-state index in [1.54, 1.807) is 0 Å². The molecular formula is C38H18F12N4O4. The van der Waals surface area contributed by atoms with E-state index in [0.29, 0.717) is 36.4 Å². The zero-order valence-corrected chi connectivity index (χ0v) is 28.3. The molecule has 0 aliphatic rings. The van der Waals surface area contributed by atoms with E-state index in [1.807, 2.05) is 0 Å². The molecule has 2 aromatic heterocycles. The highest BCUT2D eigenvalue weighted by atomic mass is 19.4. The Morgan fingerprint density at radius 3 is 0.845 bits per heavy atom. The van der Waals surface area contributed by atoms with Crippen molar-refractivity contribution in [2.24, 2.45) is 0 Å². The lowest BCUT2D eigenvalue weighted by Gasteiger charge is -2.19. The van der Waals surface area contributed by atoms with Crippen LogP contribution >= 0.6 is 0 Å². The number of fused-ring (bicyclic) bond motifs is 2. The van der Waals surface area contributed by atoms with Gasteiger partial charge < -0.3 is 11.5 Å². The van der Waals surface area contributed by atoms with E-state index < -0.39 is 136 Å². The van der Waals surface area contributed by atoms with Gasteiger partial charge in [0.1, 0.15) is 0 Å². The maximum atomic E-state index is 14.4. The molecule has 0 bridgehead atoms. The van der Waals surface area contributed by atoms with Gasteiger partial charge in [0.25, 0.3) is 22.2 Å². The highest BCUT2D eigenvalue weighted by Gasteiger charge is 2.41. The summed E-state index contributed by atoms with van der Waals surface area (Å²) in [4.78, 5) is 54.3. The zero-order chi connectivity index (χ0) is 42.6. The predicted molar refractivity (Wildman–Crippen MR) is 187 cm³/mol. The van der Waals surface area contributed by atoms with E-state index >= 15 is 0 Å². The number of aromatic nitrogens is 2. The average Bonchev–Trinajstić information content (AvgIpc) is 3.51. The molecule has 0 aliphatic heterocycles. The van der Waals surface area contributed by atoms with Crippen LogP contribution in [0.4, 0.5) is 64.1 Å². The Kier molecular flexibility index (Phi) is 8.71. The Morgan fingerprint density at radius 2 is 0.586 bits per heavy atom. The number of rotatable bonds is 4. The lowest BCUT2D eigenvalue weighted by atomic mass is 9.93. The topological polar surface area (TPSA) is 130 Å². The van der Waals surface area contributed by atoms with Crippen LogP contribution in [0.5, 0.6) is 0 Å². The van der Waals surface area contributed by atoms with Crippen molar-refractivity contribution < 1.29 is 52.7 Å². The first-order valence-corrected chi connectivity index (χ1v) is 16.1. The summed E-state index contributed by atoms with van der Waals surface area (Å²) < 4.78 is 170. The third kappa shape index (κ3) is 6.42. The van der Waals surface area contributed by atoms with Crippen LogP contribution in [0, 0.1) is 0 Å². The number of halogens is 12. The number of hydrogen-bond donors (Lipinski definition) is 2. The number of nitrogens with zero attached hydrogens (tertiary/aromatic N) is 2. The molecule has 7 rings (SSSR count). The second-order valence-corrected chi connectivity index (χ2v) is 12.9. The molecule has 0 aliphatic carbocycles. The minimum atomic E-state index is -5.35. The second kappa shape index (κ2) is 12.8. The fourth-order valence-corrected chi connectivity index (χ4v) is 6.79. The van der Waals surface area contributed by atoms with E-state index in [-0.39, 0.29) is 21.3 Å². The molecule has 0 amide bonds. The van der Waals surface area contributed by atoms with Crippen LogP contribution in [0.2, 0.25) is 0 Å². The van der Waals surface area contributed by atoms with Crippen LogP contribution in [-0.4, -0.2) is 9.13 Å². The molecule has 0 radical (unpaired) electrons. The third-order valence-corrected chi connectivity index (χ3v) is 9.30. The van der Waals surface area contributed by atoms with Gasteiger partial charge in [-0.15, -0.1) is 0 Å². The van der Waals surface area contributed by atoms with Crippen LogP contribution < -0.4 is 33.7 Å². The van der Waals surface area contributed by atoms with E-state index in [9.17, 15) is 71.9 Å². The molecule has 8 nitrogen and oxygen atoms in total. The van der Waals surface area contributed by atoms with Gasteiger partial charge in [-0.2, -0.15) is 52.7 Å². The van der Waals surface area contributed by atoms with Crippen molar-refractivity contribution in [1.29, 1.82) is 0 Å². The first-order chi connectivity index (χ1) is 26.8. The number of nitrogen functional groups attached to an aromatic ring is 2. The molecule has 0 saturated carbocycles. The van der Waals surface area contributed by atoms with Crippen LogP contribution in [0.25, 0.3) is 55.2 Å². The van der Waals surface area contributed by atoms with Crippen LogP contribution in [0.15, 0.2) is 104 Å². The van der Waals surface area contributed by atoms with Crippen molar-refractivity contribution in [1.82, 2.24) is 9.13 Å². The molecule has 0 saturated heterocycles. The van der Waals surface area contributed by atoms with Crippen molar-refractivity contribution in [2.75, 3.05) is 11.5 Å². The maximum Gasteiger partial charge on any atom is 0.417 e. The minimum absolute atomic E-state index is 0.222. The summed E-state index contributed by atoms with van der Waals surface area (Å²) in [6.45, 7) is 0. The summed E-state index contributed by atoms with van der Waals surface area (Å²) in [5, 5.41) is -2.51. The van der Waals surface area contributed by atoms with Gasteiger partial charge in [-0.3, -0.25) is 19.2 Å². The largest absolute Gasteiger partial charge is 0.417 e. The molecule has 0 atom stereocenters. The molecule has 5 aromatic carbocycles. The molecule has 298 valence electrons. The van der Waals surface area contributed by atoms with Gasteiger partial charge in [-0.25, -0.2) is 9.13 Å². The summed E-state index contributed by atoms with van der Waals surface area (Å²) >= 11 is 0. The molecule has 7 aromatic rings. The Hall–Kier alpha value is -6.86. The minimum Gasteiger partial charge on any atom is -0.399 e. The summed E-state index contributed by atoms with van der Waals surface area (Å²) in [6, 6.07) is 8.82. The fraction of sp³-hybridized carbons (Fsp3) is 0.105. The van der Waals surface area contributed by atoms with E-state index in [4.69, 9.17) is 11.5 Å². The summed E-state index contributed by atoms with van der Waals surface area (Å²) in [6.07, 6.45) is -21.0. The number of anilines is 2. The highest BCUT2D eigenvalue weighted by molar-refractivity contribution is 5.98. The lowest BCUT2D eigenvalue weighted by Crippen LogP contribution is -2.25. The number of benzene rings is 5. The zero-order valence-electron chi connectivity index (χ0n) is 28.3. The van der Waals surface area contributed by atoms with Crippen molar-refractivity contribution >= 4 is 32.9 Å². The molecular weight excluding hydrogens is 804 g/mol. The Balaban J connectivity index is 1.39.